The van der Waals surface area contributed by atoms with Gasteiger partial charge in [-0.1, -0.05) is 42.4 Å². The third-order valence-electron chi connectivity index (χ3n) is 6.43. The maximum atomic E-state index is 13.3. The van der Waals surface area contributed by atoms with E-state index in [1.165, 1.54) is 0 Å². The Labute approximate surface area is 184 Å². The number of rotatable bonds is 3. The fraction of sp³-hybridized carbons (Fsp3) is 0.348. The molecule has 1 spiro atoms. The van der Waals surface area contributed by atoms with Crippen molar-refractivity contribution in [1.82, 2.24) is 25.9 Å². The van der Waals surface area contributed by atoms with E-state index in [9.17, 15) is 14.4 Å². The van der Waals surface area contributed by atoms with Gasteiger partial charge in [0.15, 0.2) is 0 Å². The van der Waals surface area contributed by atoms with E-state index in [-0.39, 0.29) is 11.3 Å². The Hall–Kier alpha value is -3.75. The first-order valence-corrected chi connectivity index (χ1v) is 10.7. The average molecular weight is 433 g/mol. The molecule has 1 aromatic carbocycles. The number of benzene rings is 1. The number of hydrogen-bond acceptors (Lipinski definition) is 6. The number of pyridine rings is 1. The van der Waals surface area contributed by atoms with Crippen LogP contribution < -0.4 is 10.7 Å². The molecule has 164 valence electrons. The molecule has 32 heavy (non-hydrogen) atoms. The van der Waals surface area contributed by atoms with E-state index in [1.807, 2.05) is 30.3 Å². The summed E-state index contributed by atoms with van der Waals surface area (Å²) in [5.41, 5.74) is 3.81. The zero-order valence-electron chi connectivity index (χ0n) is 17.8. The highest BCUT2D eigenvalue weighted by Crippen LogP contribution is 2.36. The summed E-state index contributed by atoms with van der Waals surface area (Å²) < 4.78 is 5.31. The van der Waals surface area contributed by atoms with Crippen molar-refractivity contribution in [2.45, 2.75) is 45.1 Å². The molecule has 1 aliphatic carbocycles. The molecule has 2 aliphatic rings. The van der Waals surface area contributed by atoms with E-state index in [0.29, 0.717) is 35.5 Å². The molecule has 2 fully saturated rings. The molecule has 3 heterocycles. The Balaban J connectivity index is 1.48. The predicted molar refractivity (Wildman–Crippen MR) is 115 cm³/mol. The quantitative estimate of drug-likeness (QED) is 0.612. The number of carbonyl (C=O) groups is 3. The van der Waals surface area contributed by atoms with Crippen LogP contribution in [0.3, 0.4) is 0 Å². The second kappa shape index (κ2) is 7.44. The normalized spacial score (nSPS) is 23.1. The number of urea groups is 1. The van der Waals surface area contributed by atoms with Crippen LogP contribution in [0, 0.1) is 12.8 Å². The number of hydrogen-bond donors (Lipinski definition) is 2. The number of amides is 4. The largest absolute Gasteiger partial charge is 0.344 e. The van der Waals surface area contributed by atoms with Crippen molar-refractivity contribution >= 4 is 28.9 Å². The summed E-state index contributed by atoms with van der Waals surface area (Å²) in [4.78, 5) is 43.5. The van der Waals surface area contributed by atoms with Gasteiger partial charge in [0.2, 0.25) is 0 Å². The maximum Gasteiger partial charge on any atom is 0.344 e. The molecule has 0 atom stereocenters. The summed E-state index contributed by atoms with van der Waals surface area (Å²) in [7, 11) is 0. The van der Waals surface area contributed by atoms with E-state index in [1.54, 1.807) is 13.0 Å². The van der Waals surface area contributed by atoms with Gasteiger partial charge in [0, 0.05) is 5.56 Å². The molecule has 0 unspecified atom stereocenters. The number of carbonyl (C=O) groups excluding carboxylic acids is 3. The SMILES string of the molecule is Cc1noc2nc(-c3ccccc3)cc(C(=O)NN3C(=O)NC4(CCC(C)CC4)C3=O)c12. The fourth-order valence-corrected chi connectivity index (χ4v) is 4.51. The fourth-order valence-electron chi connectivity index (χ4n) is 4.51. The van der Waals surface area contributed by atoms with Gasteiger partial charge in [-0.2, -0.15) is 5.01 Å². The molecule has 1 aliphatic heterocycles. The lowest BCUT2D eigenvalue weighted by Crippen LogP contribution is -2.51. The highest BCUT2D eigenvalue weighted by atomic mass is 16.5. The summed E-state index contributed by atoms with van der Waals surface area (Å²) in [6.45, 7) is 3.84. The number of imide groups is 1. The van der Waals surface area contributed by atoms with Gasteiger partial charge in [-0.05, 0) is 44.6 Å². The van der Waals surface area contributed by atoms with Crippen LogP contribution >= 0.6 is 0 Å². The van der Waals surface area contributed by atoms with Crippen LogP contribution in [0.5, 0.6) is 0 Å². The maximum absolute atomic E-state index is 13.3. The highest BCUT2D eigenvalue weighted by Gasteiger charge is 2.53. The number of aromatic nitrogens is 2. The molecule has 9 heteroatoms. The zero-order chi connectivity index (χ0) is 22.5. The van der Waals surface area contributed by atoms with E-state index in [4.69, 9.17) is 4.52 Å². The van der Waals surface area contributed by atoms with E-state index in [2.05, 4.69) is 27.8 Å². The summed E-state index contributed by atoms with van der Waals surface area (Å²) in [5.74, 6) is -0.518. The molecule has 1 saturated heterocycles. The molecule has 0 bridgehead atoms. The standard InChI is InChI=1S/C23H23N5O4/c1-13-8-10-23(11-9-13)21(30)28(22(31)25-23)26-19(29)16-12-17(15-6-4-3-5-7-15)24-20-18(16)14(2)27-32-20/h3-7,12-13H,8-11H2,1-2H3,(H,25,31)(H,26,29). The molecule has 4 amide bonds. The lowest BCUT2D eigenvalue weighted by Gasteiger charge is -2.33. The Bertz CT molecular complexity index is 1230. The predicted octanol–water partition coefficient (Wildman–Crippen LogP) is 3.34. The Morgan fingerprint density at radius 2 is 1.94 bits per heavy atom. The number of fused-ring (bicyclic) bond motifs is 1. The monoisotopic (exact) mass is 433 g/mol. The third kappa shape index (κ3) is 3.21. The summed E-state index contributed by atoms with van der Waals surface area (Å²) in [6, 6.07) is 10.3. The number of nitrogens with one attached hydrogen (secondary N) is 2. The van der Waals surface area contributed by atoms with Gasteiger partial charge in [-0.25, -0.2) is 9.78 Å². The molecular formula is C23H23N5O4. The third-order valence-corrected chi connectivity index (χ3v) is 6.43. The second-order valence-electron chi connectivity index (χ2n) is 8.65. The van der Waals surface area contributed by atoms with Gasteiger partial charge in [0.05, 0.1) is 22.3 Å². The van der Waals surface area contributed by atoms with Gasteiger partial charge in [0.1, 0.15) is 5.54 Å². The van der Waals surface area contributed by atoms with Crippen molar-refractivity contribution in [3.63, 3.8) is 0 Å². The summed E-state index contributed by atoms with van der Waals surface area (Å²) >= 11 is 0. The Kier molecular flexibility index (Phi) is 4.69. The van der Waals surface area contributed by atoms with Gasteiger partial charge < -0.3 is 9.84 Å². The first kappa shape index (κ1) is 20.2. The van der Waals surface area contributed by atoms with Crippen molar-refractivity contribution in [2.75, 3.05) is 0 Å². The van der Waals surface area contributed by atoms with Crippen molar-refractivity contribution in [2.24, 2.45) is 5.92 Å². The van der Waals surface area contributed by atoms with Crippen molar-refractivity contribution in [3.05, 3.63) is 47.7 Å². The van der Waals surface area contributed by atoms with Crippen LogP contribution in [0.15, 0.2) is 40.9 Å². The summed E-state index contributed by atoms with van der Waals surface area (Å²) in [6.07, 6.45) is 2.82. The lowest BCUT2D eigenvalue weighted by molar-refractivity contribution is -0.134. The minimum atomic E-state index is -0.938. The smallest absolute Gasteiger partial charge is 0.335 e. The van der Waals surface area contributed by atoms with E-state index >= 15 is 0 Å². The molecule has 5 rings (SSSR count). The van der Waals surface area contributed by atoms with Gasteiger partial charge in [-0.15, -0.1) is 0 Å². The number of aryl methyl sites for hydroxylation is 1. The molecular weight excluding hydrogens is 410 g/mol. The highest BCUT2D eigenvalue weighted by molar-refractivity contribution is 6.12. The van der Waals surface area contributed by atoms with Crippen LogP contribution in [0.25, 0.3) is 22.4 Å². The molecule has 9 nitrogen and oxygen atoms in total. The van der Waals surface area contributed by atoms with Gasteiger partial charge in [-0.3, -0.25) is 15.0 Å². The van der Waals surface area contributed by atoms with Gasteiger partial charge in [0.25, 0.3) is 17.5 Å². The van der Waals surface area contributed by atoms with Crippen LogP contribution in [0.4, 0.5) is 4.79 Å². The van der Waals surface area contributed by atoms with Crippen molar-refractivity contribution in [3.8, 4) is 11.3 Å². The van der Waals surface area contributed by atoms with Crippen LogP contribution in [0.2, 0.25) is 0 Å². The second-order valence-corrected chi connectivity index (χ2v) is 8.65. The molecule has 2 aromatic heterocycles. The molecule has 0 radical (unpaired) electrons. The van der Waals surface area contributed by atoms with Crippen LogP contribution in [-0.2, 0) is 4.79 Å². The topological polar surface area (TPSA) is 117 Å². The molecule has 2 N–H and O–H groups in total. The minimum absolute atomic E-state index is 0.212. The molecule has 1 saturated carbocycles. The first-order valence-electron chi connectivity index (χ1n) is 10.7. The number of nitrogens with zero attached hydrogens (tertiary/aromatic N) is 3. The van der Waals surface area contributed by atoms with E-state index < -0.39 is 23.4 Å². The zero-order valence-corrected chi connectivity index (χ0v) is 17.8. The Morgan fingerprint density at radius 1 is 1.22 bits per heavy atom. The van der Waals surface area contributed by atoms with E-state index in [0.717, 1.165) is 23.4 Å². The number of hydrazine groups is 1. The molecule has 3 aromatic rings. The van der Waals surface area contributed by atoms with Crippen LogP contribution in [0.1, 0.15) is 48.7 Å². The van der Waals surface area contributed by atoms with Crippen molar-refractivity contribution < 1.29 is 18.9 Å². The van der Waals surface area contributed by atoms with Crippen molar-refractivity contribution in [1.29, 1.82) is 0 Å². The van der Waals surface area contributed by atoms with Gasteiger partial charge >= 0.3 is 6.03 Å². The minimum Gasteiger partial charge on any atom is -0.335 e. The first-order chi connectivity index (χ1) is 15.4. The summed E-state index contributed by atoms with van der Waals surface area (Å²) in [5, 5.41) is 7.98. The lowest BCUT2D eigenvalue weighted by atomic mass is 9.77. The Morgan fingerprint density at radius 3 is 2.66 bits per heavy atom. The average Bonchev–Trinajstić information content (AvgIpc) is 3.28. The van der Waals surface area contributed by atoms with Crippen LogP contribution in [-0.4, -0.2) is 38.5 Å².